The van der Waals surface area contributed by atoms with Crippen LogP contribution in [0.25, 0.3) is 0 Å². The van der Waals surface area contributed by atoms with E-state index in [0.717, 1.165) is 39.0 Å². The van der Waals surface area contributed by atoms with Crippen LogP contribution < -0.4 is 0 Å². The lowest BCUT2D eigenvalue weighted by Crippen LogP contribution is -2.37. The van der Waals surface area contributed by atoms with Crippen molar-refractivity contribution in [3.05, 3.63) is 0 Å². The summed E-state index contributed by atoms with van der Waals surface area (Å²) >= 11 is 0. The fourth-order valence-electron chi connectivity index (χ4n) is 3.56. The van der Waals surface area contributed by atoms with Crippen LogP contribution in [-0.4, -0.2) is 68.0 Å². The normalized spacial score (nSPS) is 28.8. The second-order valence-corrected chi connectivity index (χ2v) is 6.30. The van der Waals surface area contributed by atoms with Crippen molar-refractivity contribution < 1.29 is 9.90 Å². The van der Waals surface area contributed by atoms with E-state index in [1.807, 2.05) is 0 Å². The number of carbonyl (C=O) groups is 1. The summed E-state index contributed by atoms with van der Waals surface area (Å²) in [6, 6.07) is 0. The Morgan fingerprint density at radius 3 is 2.45 bits per heavy atom. The molecule has 2 rings (SSSR count). The van der Waals surface area contributed by atoms with Gasteiger partial charge in [0.2, 0.25) is 0 Å². The highest BCUT2D eigenvalue weighted by Crippen LogP contribution is 2.28. The first-order valence-corrected chi connectivity index (χ1v) is 8.08. The molecule has 0 spiro atoms. The minimum absolute atomic E-state index is 0.192. The molecule has 20 heavy (non-hydrogen) atoms. The van der Waals surface area contributed by atoms with Crippen LogP contribution in [0.3, 0.4) is 0 Å². The second-order valence-electron chi connectivity index (χ2n) is 6.30. The average molecular weight is 278 g/mol. The lowest BCUT2D eigenvalue weighted by Gasteiger charge is -2.28. The van der Waals surface area contributed by atoms with Gasteiger partial charge in [-0.1, -0.05) is 19.2 Å². The van der Waals surface area contributed by atoms with E-state index in [2.05, 4.69) is 9.80 Å². The minimum atomic E-state index is -0.632. The van der Waals surface area contributed by atoms with E-state index in [4.69, 9.17) is 7.85 Å². The number of nitrogens with zero attached hydrogens (tertiary/aromatic N) is 2. The summed E-state index contributed by atoms with van der Waals surface area (Å²) in [5, 5.41) is 9.35. The Morgan fingerprint density at radius 1 is 1.10 bits per heavy atom. The van der Waals surface area contributed by atoms with E-state index in [9.17, 15) is 9.90 Å². The molecule has 5 heteroatoms. The molecule has 0 aromatic carbocycles. The molecule has 2 aliphatic heterocycles. The third-order valence-corrected chi connectivity index (χ3v) is 4.79. The van der Waals surface area contributed by atoms with Crippen molar-refractivity contribution in [2.24, 2.45) is 11.8 Å². The third-order valence-electron chi connectivity index (χ3n) is 4.79. The summed E-state index contributed by atoms with van der Waals surface area (Å²) in [6.07, 6.45) is 6.55. The van der Waals surface area contributed by atoms with E-state index in [1.54, 1.807) is 0 Å². The van der Waals surface area contributed by atoms with Gasteiger partial charge in [0.15, 0.2) is 0 Å². The molecule has 0 aromatic heterocycles. The van der Waals surface area contributed by atoms with Crippen molar-refractivity contribution in [3.63, 3.8) is 0 Å². The Bertz CT molecular complexity index is 308. The standard InChI is InChI=1S/C15H27BN2O2/c16-6-4-5-13-11-18(12-14(13)15(19)20)10-9-17-7-2-1-3-8-17/h13-14H,1-12H2,(H,19,20)/t13-,14+/m0/s1. The van der Waals surface area contributed by atoms with Crippen LogP contribution in [-0.2, 0) is 4.79 Å². The lowest BCUT2D eigenvalue weighted by atomic mass is 9.88. The molecule has 2 atom stereocenters. The van der Waals surface area contributed by atoms with Gasteiger partial charge in [-0.15, -0.1) is 0 Å². The monoisotopic (exact) mass is 278 g/mol. The van der Waals surface area contributed by atoms with Gasteiger partial charge in [-0.2, -0.15) is 0 Å². The molecule has 2 saturated heterocycles. The molecule has 0 unspecified atom stereocenters. The Balaban J connectivity index is 1.76. The first kappa shape index (κ1) is 15.8. The van der Waals surface area contributed by atoms with Crippen molar-refractivity contribution in [1.29, 1.82) is 0 Å². The molecular weight excluding hydrogens is 251 g/mol. The molecule has 0 amide bonds. The fourth-order valence-corrected chi connectivity index (χ4v) is 3.56. The van der Waals surface area contributed by atoms with Crippen molar-refractivity contribution in [2.75, 3.05) is 39.3 Å². The minimum Gasteiger partial charge on any atom is -0.481 e. The summed E-state index contributed by atoms with van der Waals surface area (Å²) in [7, 11) is 5.55. The van der Waals surface area contributed by atoms with Gasteiger partial charge in [0, 0.05) is 26.2 Å². The zero-order valence-corrected chi connectivity index (χ0v) is 12.5. The molecule has 2 fully saturated rings. The summed E-state index contributed by atoms with van der Waals surface area (Å²) in [5.74, 6) is -0.534. The molecule has 0 aliphatic carbocycles. The molecule has 0 bridgehead atoms. The van der Waals surface area contributed by atoms with E-state index < -0.39 is 5.97 Å². The van der Waals surface area contributed by atoms with E-state index in [1.165, 1.54) is 32.4 Å². The molecule has 0 saturated carbocycles. The number of rotatable bonds is 7. The number of aliphatic carboxylic acids is 1. The first-order valence-electron chi connectivity index (χ1n) is 8.08. The molecule has 112 valence electrons. The fraction of sp³-hybridized carbons (Fsp3) is 0.933. The van der Waals surface area contributed by atoms with Crippen molar-refractivity contribution in [2.45, 2.75) is 38.4 Å². The van der Waals surface area contributed by atoms with Gasteiger partial charge in [0.25, 0.3) is 0 Å². The molecule has 2 radical (unpaired) electrons. The van der Waals surface area contributed by atoms with Gasteiger partial charge in [-0.25, -0.2) is 0 Å². The van der Waals surface area contributed by atoms with Gasteiger partial charge in [0.1, 0.15) is 0 Å². The first-order chi connectivity index (χ1) is 9.70. The highest BCUT2D eigenvalue weighted by Gasteiger charge is 2.36. The predicted octanol–water partition coefficient (Wildman–Crippen LogP) is 1.47. The Labute approximate surface area is 123 Å². The van der Waals surface area contributed by atoms with Gasteiger partial charge in [0.05, 0.1) is 13.8 Å². The average Bonchev–Trinajstić information content (AvgIpc) is 2.87. The van der Waals surface area contributed by atoms with Crippen LogP contribution in [0.5, 0.6) is 0 Å². The van der Waals surface area contributed by atoms with E-state index in [0.29, 0.717) is 6.32 Å². The molecule has 2 aliphatic rings. The zero-order chi connectivity index (χ0) is 14.4. The van der Waals surface area contributed by atoms with Crippen LogP contribution in [0.1, 0.15) is 32.1 Å². The molecule has 4 nitrogen and oxygen atoms in total. The van der Waals surface area contributed by atoms with Gasteiger partial charge in [-0.05, 0) is 38.3 Å². The van der Waals surface area contributed by atoms with E-state index in [-0.39, 0.29) is 11.8 Å². The maximum absolute atomic E-state index is 11.4. The Hall–Kier alpha value is -0.545. The molecule has 2 heterocycles. The van der Waals surface area contributed by atoms with Crippen LogP contribution in [0, 0.1) is 11.8 Å². The Morgan fingerprint density at radius 2 is 1.80 bits per heavy atom. The largest absolute Gasteiger partial charge is 0.481 e. The summed E-state index contributed by atoms with van der Waals surface area (Å²) in [6.45, 7) is 6.20. The van der Waals surface area contributed by atoms with Crippen molar-refractivity contribution in [1.82, 2.24) is 9.80 Å². The summed E-state index contributed by atoms with van der Waals surface area (Å²) < 4.78 is 0. The highest BCUT2D eigenvalue weighted by molar-refractivity contribution is 6.08. The third kappa shape index (κ3) is 4.49. The number of piperidine rings is 1. The number of carboxylic acids is 1. The predicted molar refractivity (Wildman–Crippen MR) is 81.1 cm³/mol. The van der Waals surface area contributed by atoms with Gasteiger partial charge < -0.3 is 14.9 Å². The van der Waals surface area contributed by atoms with Gasteiger partial charge in [-0.3, -0.25) is 4.79 Å². The van der Waals surface area contributed by atoms with Crippen molar-refractivity contribution in [3.8, 4) is 0 Å². The second kappa shape index (κ2) is 8.03. The van der Waals surface area contributed by atoms with Crippen LogP contribution >= 0.6 is 0 Å². The van der Waals surface area contributed by atoms with Crippen LogP contribution in [0.2, 0.25) is 6.32 Å². The molecule has 0 aromatic rings. The Kier molecular flexibility index (Phi) is 6.36. The lowest BCUT2D eigenvalue weighted by molar-refractivity contribution is -0.142. The molecule has 1 N–H and O–H groups in total. The van der Waals surface area contributed by atoms with Gasteiger partial charge >= 0.3 is 5.97 Å². The summed E-state index contributed by atoms with van der Waals surface area (Å²) in [4.78, 5) is 16.2. The van der Waals surface area contributed by atoms with Crippen molar-refractivity contribution >= 4 is 13.8 Å². The van der Waals surface area contributed by atoms with Crippen LogP contribution in [0.15, 0.2) is 0 Å². The topological polar surface area (TPSA) is 43.8 Å². The number of hydrogen-bond donors (Lipinski definition) is 1. The SMILES string of the molecule is [B]CCC[C@H]1CN(CCN2CCCCC2)C[C@H]1C(=O)O. The van der Waals surface area contributed by atoms with E-state index >= 15 is 0 Å². The quantitative estimate of drug-likeness (QED) is 0.716. The maximum atomic E-state index is 11.4. The zero-order valence-electron chi connectivity index (χ0n) is 12.5. The number of carboxylic acid groups (broad SMARTS) is 1. The summed E-state index contributed by atoms with van der Waals surface area (Å²) in [5.41, 5.74) is 0. The number of hydrogen-bond acceptors (Lipinski definition) is 3. The number of likely N-dealkylation sites (tertiary alicyclic amines) is 2. The molecular formula is C15H27BN2O2. The van der Waals surface area contributed by atoms with Crippen LogP contribution in [0.4, 0.5) is 0 Å². The smallest absolute Gasteiger partial charge is 0.308 e. The highest BCUT2D eigenvalue weighted by atomic mass is 16.4. The maximum Gasteiger partial charge on any atom is 0.308 e.